The van der Waals surface area contributed by atoms with Gasteiger partial charge in [0.1, 0.15) is 18.1 Å². The van der Waals surface area contributed by atoms with E-state index in [9.17, 15) is 14.7 Å². The Morgan fingerprint density at radius 3 is 2.48 bits per heavy atom. The molecule has 1 heterocycles. The molecule has 0 spiro atoms. The summed E-state index contributed by atoms with van der Waals surface area (Å²) in [5.74, 6) is -0.921. The molecule has 0 radical (unpaired) electrons. The highest BCUT2D eigenvalue weighted by atomic mass is 28.4. The minimum atomic E-state index is -1.82. The van der Waals surface area contributed by atoms with E-state index < -0.39 is 26.2 Å². The lowest BCUT2D eigenvalue weighted by Crippen LogP contribution is -2.41. The normalized spacial score (nSPS) is 13.0. The maximum absolute atomic E-state index is 11.9. The average molecular weight is 448 g/mol. The molecule has 0 saturated carbocycles. The van der Waals surface area contributed by atoms with Gasteiger partial charge >= 0.3 is 5.97 Å². The van der Waals surface area contributed by atoms with Crippen molar-refractivity contribution in [2.75, 3.05) is 20.3 Å². The van der Waals surface area contributed by atoms with Crippen LogP contribution in [0.4, 0.5) is 0 Å². The van der Waals surface area contributed by atoms with Gasteiger partial charge in [-0.25, -0.2) is 4.79 Å². The number of aromatic carboxylic acids is 1. The number of carbonyl (C=O) groups excluding carboxylic acids is 1. The molecule has 170 valence electrons. The molecule has 0 saturated heterocycles. The molecule has 1 amide bonds. The molecule has 8 nitrogen and oxygen atoms in total. The Balaban J connectivity index is 2.12. The minimum absolute atomic E-state index is 0.0554. The summed E-state index contributed by atoms with van der Waals surface area (Å²) < 4.78 is 13.3. The second kappa shape index (κ2) is 9.65. The fraction of sp³-hybridized carbons (Fsp3) is 0.500. The predicted molar refractivity (Wildman–Crippen MR) is 121 cm³/mol. The molecule has 9 heteroatoms. The quantitative estimate of drug-likeness (QED) is 0.446. The standard InChI is InChI=1S/C22H33N3O5Si/c1-15(25-19(21(27)28)14-18(24-25)20(26)23-5)16-9-8-10-17(13-16)29-11-12-30-31(6,7)22(2,3)4/h8-10,13-15H,11-12H2,1-7H3,(H,23,26)(H,27,28). The zero-order chi connectivity index (χ0) is 23.4. The summed E-state index contributed by atoms with van der Waals surface area (Å²) in [5.41, 5.74) is 0.819. The number of hydrogen-bond donors (Lipinski definition) is 2. The largest absolute Gasteiger partial charge is 0.491 e. The number of amides is 1. The number of benzene rings is 1. The summed E-state index contributed by atoms with van der Waals surface area (Å²) >= 11 is 0. The van der Waals surface area contributed by atoms with Gasteiger partial charge in [0.2, 0.25) is 0 Å². The van der Waals surface area contributed by atoms with Crippen LogP contribution in [0.25, 0.3) is 0 Å². The average Bonchev–Trinajstić information content (AvgIpc) is 3.15. The first-order valence-corrected chi connectivity index (χ1v) is 13.2. The van der Waals surface area contributed by atoms with E-state index in [0.29, 0.717) is 19.0 Å². The van der Waals surface area contributed by atoms with Gasteiger partial charge in [-0.05, 0) is 42.8 Å². The number of carboxylic acids is 1. The summed E-state index contributed by atoms with van der Waals surface area (Å²) in [7, 11) is -0.350. The molecule has 0 aliphatic rings. The summed E-state index contributed by atoms with van der Waals surface area (Å²) in [6.07, 6.45) is 0. The number of nitrogens with zero attached hydrogens (tertiary/aromatic N) is 2. The minimum Gasteiger partial charge on any atom is -0.491 e. The summed E-state index contributed by atoms with van der Waals surface area (Å²) in [4.78, 5) is 23.5. The predicted octanol–water partition coefficient (Wildman–Crippen LogP) is 3.95. The lowest BCUT2D eigenvalue weighted by atomic mass is 10.1. The number of aromatic nitrogens is 2. The Labute approximate surface area is 184 Å². The van der Waals surface area contributed by atoms with Gasteiger partial charge < -0.3 is 19.6 Å². The number of rotatable bonds is 9. The highest BCUT2D eigenvalue weighted by Gasteiger charge is 2.36. The number of hydrogen-bond acceptors (Lipinski definition) is 5. The highest BCUT2D eigenvalue weighted by Crippen LogP contribution is 2.36. The van der Waals surface area contributed by atoms with Crippen LogP contribution < -0.4 is 10.1 Å². The third-order valence-corrected chi connectivity index (χ3v) is 10.3. The van der Waals surface area contributed by atoms with E-state index in [2.05, 4.69) is 44.3 Å². The fourth-order valence-electron chi connectivity index (χ4n) is 2.77. The van der Waals surface area contributed by atoms with E-state index in [1.165, 1.54) is 17.8 Å². The molecule has 2 N–H and O–H groups in total. The molecule has 31 heavy (non-hydrogen) atoms. The van der Waals surface area contributed by atoms with E-state index in [1.54, 1.807) is 0 Å². The van der Waals surface area contributed by atoms with Gasteiger partial charge in [-0.2, -0.15) is 5.10 Å². The van der Waals surface area contributed by atoms with Gasteiger partial charge in [-0.3, -0.25) is 9.48 Å². The molecular formula is C22H33N3O5Si. The van der Waals surface area contributed by atoms with Crippen LogP contribution in [0.2, 0.25) is 18.1 Å². The lowest BCUT2D eigenvalue weighted by molar-refractivity contribution is 0.0681. The van der Waals surface area contributed by atoms with Crippen LogP contribution >= 0.6 is 0 Å². The van der Waals surface area contributed by atoms with Gasteiger partial charge in [0.15, 0.2) is 14.0 Å². The van der Waals surface area contributed by atoms with Gasteiger partial charge in [0, 0.05) is 13.1 Å². The maximum atomic E-state index is 11.9. The number of carbonyl (C=O) groups is 2. The van der Waals surface area contributed by atoms with Crippen LogP contribution in [0.1, 0.15) is 60.3 Å². The van der Waals surface area contributed by atoms with E-state index in [-0.39, 0.29) is 16.4 Å². The Morgan fingerprint density at radius 1 is 1.23 bits per heavy atom. The second-order valence-corrected chi connectivity index (χ2v) is 13.8. The van der Waals surface area contributed by atoms with E-state index >= 15 is 0 Å². The van der Waals surface area contributed by atoms with Crippen molar-refractivity contribution in [2.45, 2.75) is 51.9 Å². The number of ether oxygens (including phenoxy) is 1. The van der Waals surface area contributed by atoms with Crippen LogP contribution in [0.5, 0.6) is 5.75 Å². The van der Waals surface area contributed by atoms with Gasteiger partial charge in [0.25, 0.3) is 5.91 Å². The molecule has 1 atom stereocenters. The summed E-state index contributed by atoms with van der Waals surface area (Å²) in [5, 5.41) is 16.3. The molecular weight excluding hydrogens is 414 g/mol. The molecule has 0 aliphatic heterocycles. The van der Waals surface area contributed by atoms with Crippen molar-refractivity contribution in [1.82, 2.24) is 15.1 Å². The number of carboxylic acid groups (broad SMARTS) is 1. The maximum Gasteiger partial charge on any atom is 0.354 e. The third kappa shape index (κ3) is 5.95. The Bertz CT molecular complexity index is 933. The first-order valence-electron chi connectivity index (χ1n) is 10.3. The molecule has 0 fully saturated rings. The molecule has 0 bridgehead atoms. The Morgan fingerprint density at radius 2 is 1.90 bits per heavy atom. The lowest BCUT2D eigenvalue weighted by Gasteiger charge is -2.36. The molecule has 1 aromatic carbocycles. The van der Waals surface area contributed by atoms with Crippen molar-refractivity contribution in [3.8, 4) is 5.75 Å². The fourth-order valence-corrected chi connectivity index (χ4v) is 3.79. The van der Waals surface area contributed by atoms with Gasteiger partial charge in [0.05, 0.1) is 12.6 Å². The monoisotopic (exact) mass is 447 g/mol. The van der Waals surface area contributed by atoms with E-state index in [4.69, 9.17) is 9.16 Å². The van der Waals surface area contributed by atoms with Crippen molar-refractivity contribution in [1.29, 1.82) is 0 Å². The molecule has 0 aliphatic carbocycles. The third-order valence-electron chi connectivity index (χ3n) is 5.74. The zero-order valence-electron chi connectivity index (χ0n) is 19.4. The Hall–Kier alpha value is -2.65. The summed E-state index contributed by atoms with van der Waals surface area (Å²) in [6, 6.07) is 8.28. The van der Waals surface area contributed by atoms with Crippen molar-refractivity contribution in [2.24, 2.45) is 0 Å². The zero-order valence-corrected chi connectivity index (χ0v) is 20.4. The first kappa shape index (κ1) is 24.6. The van der Waals surface area contributed by atoms with Crippen molar-refractivity contribution < 1.29 is 23.9 Å². The first-order chi connectivity index (χ1) is 14.4. The van der Waals surface area contributed by atoms with Crippen LogP contribution in [-0.2, 0) is 4.43 Å². The van der Waals surface area contributed by atoms with Crippen LogP contribution in [0.3, 0.4) is 0 Å². The van der Waals surface area contributed by atoms with Crippen molar-refractivity contribution in [3.63, 3.8) is 0 Å². The van der Waals surface area contributed by atoms with E-state index in [1.807, 2.05) is 31.2 Å². The molecule has 2 aromatic rings. The second-order valence-electron chi connectivity index (χ2n) is 8.95. The van der Waals surface area contributed by atoms with Gasteiger partial charge in [-0.1, -0.05) is 32.9 Å². The molecule has 1 aromatic heterocycles. The van der Waals surface area contributed by atoms with Crippen LogP contribution in [0.15, 0.2) is 30.3 Å². The van der Waals surface area contributed by atoms with Gasteiger partial charge in [-0.15, -0.1) is 0 Å². The Kier molecular flexibility index (Phi) is 7.66. The summed E-state index contributed by atoms with van der Waals surface area (Å²) in [6.45, 7) is 13.7. The molecule has 1 unspecified atom stereocenters. The smallest absolute Gasteiger partial charge is 0.354 e. The van der Waals surface area contributed by atoms with Crippen molar-refractivity contribution in [3.05, 3.63) is 47.3 Å². The van der Waals surface area contributed by atoms with E-state index in [0.717, 1.165) is 5.56 Å². The SMILES string of the molecule is CNC(=O)c1cc(C(=O)O)n(C(C)c2cccc(OCCO[Si](C)(C)C(C)(C)C)c2)n1. The van der Waals surface area contributed by atoms with Crippen LogP contribution in [0, 0.1) is 0 Å². The van der Waals surface area contributed by atoms with Crippen LogP contribution in [-0.4, -0.2) is 55.3 Å². The number of nitrogens with one attached hydrogen (secondary N) is 1. The topological polar surface area (TPSA) is 103 Å². The van der Waals surface area contributed by atoms with Crippen molar-refractivity contribution >= 4 is 20.2 Å². The molecule has 2 rings (SSSR count). The highest BCUT2D eigenvalue weighted by molar-refractivity contribution is 6.74.